The molecule has 0 aromatic carbocycles. The van der Waals surface area contributed by atoms with Crippen LogP contribution in [0.5, 0.6) is 0 Å². The minimum atomic E-state index is -4.91. The molecule has 235 valence electrons. The van der Waals surface area contributed by atoms with E-state index in [1.165, 1.54) is 0 Å². The van der Waals surface area contributed by atoms with Crippen LogP contribution >= 0.6 is 0 Å². The maximum Gasteiger partial charge on any atom is 0.333 e. The Labute approximate surface area is 239 Å². The normalized spacial score (nSPS) is 26.8. The zero-order valence-electron chi connectivity index (χ0n) is 22.3. The molecule has 3 aliphatic rings. The predicted molar refractivity (Wildman–Crippen MR) is 129 cm³/mol. The molecular weight excluding hydrogens is 614 g/mol. The zero-order chi connectivity index (χ0) is 31.8. The molecule has 3 aliphatic heterocycles. The van der Waals surface area contributed by atoms with Crippen molar-refractivity contribution in [2.75, 3.05) is 6.61 Å². The molecule has 2 N–H and O–H groups in total. The summed E-state index contributed by atoms with van der Waals surface area (Å²) in [4.78, 5) is 81.6. The lowest BCUT2D eigenvalue weighted by atomic mass is 9.96. The summed E-state index contributed by atoms with van der Waals surface area (Å²) in [5.41, 5.74) is -2.58. The van der Waals surface area contributed by atoms with Gasteiger partial charge in [0, 0.05) is 12.8 Å². The Morgan fingerprint density at radius 2 is 1.21 bits per heavy atom. The van der Waals surface area contributed by atoms with Crippen LogP contribution in [0.25, 0.3) is 0 Å². The number of carbonyl (C=O) groups is 6. The van der Waals surface area contributed by atoms with Gasteiger partial charge in [0.1, 0.15) is 5.72 Å². The lowest BCUT2D eigenvalue weighted by Gasteiger charge is -2.35. The summed E-state index contributed by atoms with van der Waals surface area (Å²) >= 11 is 0. The Kier molecular flexibility index (Phi) is 9.47. The van der Waals surface area contributed by atoms with E-state index in [1.807, 2.05) is 0 Å². The first-order chi connectivity index (χ1) is 19.2. The smallest absolute Gasteiger partial charge is 0.333 e. The van der Waals surface area contributed by atoms with Crippen LogP contribution in [0.15, 0.2) is 0 Å². The number of hydroxylamine groups is 6. The van der Waals surface area contributed by atoms with E-state index in [1.54, 1.807) is 13.8 Å². The molecule has 2 unspecified atom stereocenters. The Balaban J connectivity index is 1.55. The molecule has 42 heavy (non-hydrogen) atoms. The number of hydrogen-bond acceptors (Lipinski definition) is 14. The zero-order valence-corrected chi connectivity index (χ0v) is 23.9. The topological polar surface area (TPSA) is 268 Å². The van der Waals surface area contributed by atoms with Gasteiger partial charge in [0.2, 0.25) is 0 Å². The van der Waals surface area contributed by atoms with Gasteiger partial charge < -0.3 is 14.4 Å². The SMILES string of the molecule is CC1(C)COC(CCCC(=O)ON2C(=O)CC(S(=O)(=O)O)C2=O)(CCCC(=O)ON2C(=O)CC(S(=O)(=O)O)C2=O)N1[O]. The van der Waals surface area contributed by atoms with Crippen LogP contribution in [0.1, 0.15) is 65.2 Å². The molecule has 0 bridgehead atoms. The molecule has 0 spiro atoms. The van der Waals surface area contributed by atoms with Crippen molar-refractivity contribution in [3.05, 3.63) is 0 Å². The second kappa shape index (κ2) is 11.9. The van der Waals surface area contributed by atoms with Gasteiger partial charge in [-0.1, -0.05) is 0 Å². The van der Waals surface area contributed by atoms with Crippen molar-refractivity contribution < 1.29 is 74.3 Å². The number of hydrogen-bond donors (Lipinski definition) is 2. The summed E-state index contributed by atoms with van der Waals surface area (Å²) in [7, 11) is -9.81. The molecule has 19 nitrogen and oxygen atoms in total. The van der Waals surface area contributed by atoms with Gasteiger partial charge in [-0.05, 0) is 39.5 Å². The first kappa shape index (κ1) is 33.4. The van der Waals surface area contributed by atoms with Crippen LogP contribution in [0.4, 0.5) is 0 Å². The van der Waals surface area contributed by atoms with Gasteiger partial charge in [0.15, 0.2) is 10.5 Å². The number of nitrogens with zero attached hydrogens (tertiary/aromatic N) is 3. The fraction of sp³-hybridized carbons (Fsp3) is 0.714. The molecular formula is C21H28N3O16S2. The Morgan fingerprint density at radius 3 is 1.50 bits per heavy atom. The van der Waals surface area contributed by atoms with E-state index in [4.69, 9.17) is 13.8 Å². The van der Waals surface area contributed by atoms with Crippen molar-refractivity contribution in [2.45, 2.75) is 87.0 Å². The number of imide groups is 2. The quantitative estimate of drug-likeness (QED) is 0.180. The third-order valence-corrected chi connectivity index (χ3v) is 8.91. The summed E-state index contributed by atoms with van der Waals surface area (Å²) < 4.78 is 68.7. The molecule has 21 heteroatoms. The molecule has 2 atom stereocenters. The fourth-order valence-corrected chi connectivity index (χ4v) is 5.99. The van der Waals surface area contributed by atoms with E-state index in [9.17, 15) is 50.8 Å². The summed E-state index contributed by atoms with van der Waals surface area (Å²) in [6.45, 7) is 3.13. The monoisotopic (exact) mass is 642 g/mol. The molecule has 0 aliphatic carbocycles. The molecule has 0 aromatic heterocycles. The Morgan fingerprint density at radius 1 is 0.833 bits per heavy atom. The Hall–Kier alpha value is -3.08. The standard InChI is InChI=1S/C21H28N3O16S2/c1-20(2)11-38-21(24(20)31,7-3-5-16(27)39-22-14(25)9-12(18(22)29)41(32,33)34)8-4-6-17(28)40-23-15(26)10-13(19(23)30)42(35,36)37/h12-13H,3-11H2,1-2H3,(H,32,33,34)(H,35,36,37). The van der Waals surface area contributed by atoms with Gasteiger partial charge in [-0.15, -0.1) is 20.4 Å². The molecule has 3 heterocycles. The van der Waals surface area contributed by atoms with Crippen LogP contribution in [0.2, 0.25) is 0 Å². The third-order valence-electron chi connectivity index (χ3n) is 6.74. The van der Waals surface area contributed by atoms with Crippen molar-refractivity contribution >= 4 is 55.8 Å². The summed E-state index contributed by atoms with van der Waals surface area (Å²) in [5, 5.41) is 9.45. The second-order valence-electron chi connectivity index (χ2n) is 10.4. The lowest BCUT2D eigenvalue weighted by molar-refractivity contribution is -0.296. The first-order valence-corrected chi connectivity index (χ1v) is 15.4. The minimum Gasteiger partial charge on any atom is -0.356 e. The highest BCUT2D eigenvalue weighted by Gasteiger charge is 2.53. The highest BCUT2D eigenvalue weighted by molar-refractivity contribution is 7.87. The number of ether oxygens (including phenoxy) is 1. The van der Waals surface area contributed by atoms with Crippen molar-refractivity contribution in [3.8, 4) is 0 Å². The number of carbonyl (C=O) groups excluding carboxylic acids is 6. The summed E-state index contributed by atoms with van der Waals surface area (Å²) in [6, 6.07) is 0. The minimum absolute atomic E-state index is 0.0347. The van der Waals surface area contributed by atoms with Crippen LogP contribution < -0.4 is 0 Å². The van der Waals surface area contributed by atoms with Crippen LogP contribution in [0.3, 0.4) is 0 Å². The van der Waals surface area contributed by atoms with Gasteiger partial charge in [0.25, 0.3) is 43.9 Å². The second-order valence-corrected chi connectivity index (χ2v) is 13.6. The van der Waals surface area contributed by atoms with E-state index in [2.05, 4.69) is 9.68 Å². The average molecular weight is 643 g/mol. The highest BCUT2D eigenvalue weighted by Crippen LogP contribution is 2.40. The molecule has 3 saturated heterocycles. The number of amides is 4. The van der Waals surface area contributed by atoms with Gasteiger partial charge in [-0.3, -0.25) is 28.3 Å². The van der Waals surface area contributed by atoms with Gasteiger partial charge >= 0.3 is 11.9 Å². The van der Waals surface area contributed by atoms with E-state index in [-0.39, 0.29) is 42.4 Å². The summed E-state index contributed by atoms with van der Waals surface area (Å²) in [5.74, 6) is -7.42. The third kappa shape index (κ3) is 7.10. The number of rotatable bonds is 12. The van der Waals surface area contributed by atoms with Crippen molar-refractivity contribution in [1.82, 2.24) is 15.2 Å². The van der Waals surface area contributed by atoms with E-state index < -0.39 is 103 Å². The van der Waals surface area contributed by atoms with Crippen LogP contribution in [-0.2, 0) is 68.6 Å². The molecule has 3 rings (SSSR count). The van der Waals surface area contributed by atoms with E-state index >= 15 is 0 Å². The maximum absolute atomic E-state index is 13.1. The molecule has 3 fully saturated rings. The highest BCUT2D eigenvalue weighted by atomic mass is 32.2. The fourth-order valence-electron chi connectivity index (χ4n) is 4.59. The van der Waals surface area contributed by atoms with Gasteiger partial charge in [-0.25, -0.2) is 9.59 Å². The van der Waals surface area contributed by atoms with Gasteiger partial charge in [-0.2, -0.15) is 16.8 Å². The van der Waals surface area contributed by atoms with Crippen molar-refractivity contribution in [2.24, 2.45) is 0 Å². The molecule has 0 saturated carbocycles. The van der Waals surface area contributed by atoms with Crippen LogP contribution in [-0.4, -0.2) is 105 Å². The first-order valence-electron chi connectivity index (χ1n) is 12.4. The average Bonchev–Trinajstić information content (AvgIpc) is 3.39. The molecule has 1 radical (unpaired) electrons. The van der Waals surface area contributed by atoms with E-state index in [0.29, 0.717) is 5.06 Å². The molecule has 4 amide bonds. The van der Waals surface area contributed by atoms with E-state index in [0.717, 1.165) is 0 Å². The van der Waals surface area contributed by atoms with Crippen molar-refractivity contribution in [3.63, 3.8) is 0 Å². The maximum atomic E-state index is 13.1. The Bertz CT molecular complexity index is 1300. The summed E-state index contributed by atoms with van der Waals surface area (Å²) in [6.07, 6.45) is -3.14. The van der Waals surface area contributed by atoms with Gasteiger partial charge in [0.05, 0.1) is 25.0 Å². The predicted octanol–water partition coefficient (Wildman–Crippen LogP) is -1.57. The van der Waals surface area contributed by atoms with Crippen LogP contribution in [0, 0.1) is 0 Å². The lowest BCUT2D eigenvalue weighted by Crippen LogP contribution is -2.49. The largest absolute Gasteiger partial charge is 0.356 e. The molecule has 0 aromatic rings. The van der Waals surface area contributed by atoms with Crippen molar-refractivity contribution in [1.29, 1.82) is 0 Å².